The van der Waals surface area contributed by atoms with Gasteiger partial charge in [-0.25, -0.2) is 4.79 Å². The van der Waals surface area contributed by atoms with Gasteiger partial charge >= 0.3 is 6.09 Å². The molecule has 1 heterocycles. The number of para-hydroxylation sites is 1. The van der Waals surface area contributed by atoms with Crippen molar-refractivity contribution < 1.29 is 9.90 Å². The van der Waals surface area contributed by atoms with Crippen molar-refractivity contribution in [3.63, 3.8) is 0 Å². The summed E-state index contributed by atoms with van der Waals surface area (Å²) in [6.07, 6.45) is 8.78. The topological polar surface area (TPSA) is 40.5 Å². The van der Waals surface area contributed by atoms with Crippen LogP contribution in [0.2, 0.25) is 0 Å². The minimum absolute atomic E-state index is 0.201. The summed E-state index contributed by atoms with van der Waals surface area (Å²) in [5.74, 6) is 0. The van der Waals surface area contributed by atoms with Crippen molar-refractivity contribution in [2.45, 2.75) is 6.04 Å². The number of carboxylic acid groups (broad SMARTS) is 1. The van der Waals surface area contributed by atoms with Crippen molar-refractivity contribution in [3.05, 3.63) is 59.7 Å². The summed E-state index contributed by atoms with van der Waals surface area (Å²) in [5, 5.41) is 9.36. The summed E-state index contributed by atoms with van der Waals surface area (Å²) >= 11 is 0. The molecule has 0 bridgehead atoms. The maximum atomic E-state index is 11.4. The largest absolute Gasteiger partial charge is 0.465 e. The van der Waals surface area contributed by atoms with E-state index < -0.39 is 6.09 Å². The quantitative estimate of drug-likeness (QED) is 0.737. The Morgan fingerprint density at radius 1 is 1.24 bits per heavy atom. The molecule has 0 saturated heterocycles. The Kier molecular flexibility index (Phi) is 2.11. The third-order valence-corrected chi connectivity index (χ3v) is 3.04. The Morgan fingerprint density at radius 2 is 2.06 bits per heavy atom. The second-order valence-electron chi connectivity index (χ2n) is 4.04. The Labute approximate surface area is 99.0 Å². The van der Waals surface area contributed by atoms with Gasteiger partial charge in [0.2, 0.25) is 0 Å². The second-order valence-corrected chi connectivity index (χ2v) is 4.04. The first-order valence-corrected chi connectivity index (χ1v) is 5.45. The van der Waals surface area contributed by atoms with E-state index in [9.17, 15) is 9.90 Å². The first-order chi connectivity index (χ1) is 8.27. The molecule has 2 aliphatic rings. The van der Waals surface area contributed by atoms with Crippen LogP contribution in [-0.4, -0.2) is 17.2 Å². The lowest BCUT2D eigenvalue weighted by Crippen LogP contribution is -2.41. The van der Waals surface area contributed by atoms with Gasteiger partial charge in [-0.3, -0.25) is 4.90 Å². The average molecular weight is 225 g/mol. The predicted molar refractivity (Wildman–Crippen MR) is 67.0 cm³/mol. The summed E-state index contributed by atoms with van der Waals surface area (Å²) in [5.41, 5.74) is 2.70. The molecule has 3 rings (SSSR count). The first kappa shape index (κ1) is 9.90. The summed E-state index contributed by atoms with van der Waals surface area (Å²) < 4.78 is 0. The number of benzene rings is 1. The molecule has 3 nitrogen and oxygen atoms in total. The van der Waals surface area contributed by atoms with Crippen molar-refractivity contribution in [2.75, 3.05) is 4.90 Å². The molecule has 0 spiro atoms. The fraction of sp³-hybridized carbons (Fsp3) is 0.0714. The molecule has 1 aliphatic heterocycles. The van der Waals surface area contributed by atoms with Crippen LogP contribution in [0.3, 0.4) is 0 Å². The van der Waals surface area contributed by atoms with E-state index in [-0.39, 0.29) is 6.04 Å². The van der Waals surface area contributed by atoms with Gasteiger partial charge in [0, 0.05) is 0 Å². The molecular formula is C14H11NO2. The summed E-state index contributed by atoms with van der Waals surface area (Å²) in [6.45, 7) is 0. The lowest BCUT2D eigenvalue weighted by atomic mass is 9.92. The SMILES string of the molecule is O=C(O)N1c2ccccc2C=C2C=CC=CC21. The van der Waals surface area contributed by atoms with Crippen LogP contribution in [0, 0.1) is 0 Å². The highest BCUT2D eigenvalue weighted by atomic mass is 16.4. The zero-order valence-electron chi connectivity index (χ0n) is 9.08. The van der Waals surface area contributed by atoms with Crippen LogP contribution in [0.25, 0.3) is 6.08 Å². The Morgan fingerprint density at radius 3 is 2.88 bits per heavy atom. The molecule has 0 aromatic heterocycles. The van der Waals surface area contributed by atoms with E-state index >= 15 is 0 Å². The van der Waals surface area contributed by atoms with Crippen molar-refractivity contribution >= 4 is 17.9 Å². The van der Waals surface area contributed by atoms with Gasteiger partial charge in [-0.2, -0.15) is 0 Å². The number of hydrogen-bond acceptors (Lipinski definition) is 1. The van der Waals surface area contributed by atoms with E-state index in [1.807, 2.05) is 54.6 Å². The highest BCUT2D eigenvalue weighted by Gasteiger charge is 2.30. The van der Waals surface area contributed by atoms with Crippen LogP contribution < -0.4 is 4.90 Å². The number of amides is 1. The molecule has 1 aromatic rings. The smallest absolute Gasteiger partial charge is 0.412 e. The molecule has 1 atom stereocenters. The standard InChI is InChI=1S/C14H11NO2/c16-14(17)15-12-7-3-1-5-10(12)9-11-6-2-4-8-13(11)15/h1-9,12H,(H,16,17). The molecule has 0 radical (unpaired) electrons. The molecule has 1 N–H and O–H groups in total. The number of hydrogen-bond donors (Lipinski definition) is 1. The molecular weight excluding hydrogens is 214 g/mol. The van der Waals surface area contributed by atoms with Crippen LogP contribution in [0.15, 0.2) is 54.1 Å². The zero-order valence-corrected chi connectivity index (χ0v) is 9.08. The number of rotatable bonds is 0. The fourth-order valence-electron chi connectivity index (χ4n) is 2.29. The third-order valence-electron chi connectivity index (χ3n) is 3.04. The maximum Gasteiger partial charge on any atom is 0.412 e. The number of fused-ring (bicyclic) bond motifs is 2. The maximum absolute atomic E-state index is 11.4. The Bertz CT molecular complexity index is 569. The lowest BCUT2D eigenvalue weighted by molar-refractivity contribution is 0.201. The van der Waals surface area contributed by atoms with Gasteiger partial charge in [-0.1, -0.05) is 42.5 Å². The molecule has 84 valence electrons. The Hall–Kier alpha value is -2.29. The normalized spacial score (nSPS) is 20.6. The van der Waals surface area contributed by atoms with Crippen molar-refractivity contribution in [3.8, 4) is 0 Å². The number of anilines is 1. The molecule has 0 fully saturated rings. The van der Waals surface area contributed by atoms with Crippen LogP contribution in [0.5, 0.6) is 0 Å². The fourth-order valence-corrected chi connectivity index (χ4v) is 2.29. The first-order valence-electron chi connectivity index (χ1n) is 5.45. The predicted octanol–water partition coefficient (Wildman–Crippen LogP) is 3.06. The molecule has 1 unspecified atom stereocenters. The number of carbonyl (C=O) groups is 1. The van der Waals surface area contributed by atoms with E-state index in [0.29, 0.717) is 0 Å². The monoisotopic (exact) mass is 225 g/mol. The van der Waals surface area contributed by atoms with E-state index in [1.54, 1.807) is 0 Å². The molecule has 1 aliphatic carbocycles. The molecule has 0 saturated carbocycles. The summed E-state index contributed by atoms with van der Waals surface area (Å²) in [6, 6.07) is 7.34. The molecule has 17 heavy (non-hydrogen) atoms. The average Bonchev–Trinajstić information content (AvgIpc) is 2.35. The van der Waals surface area contributed by atoms with E-state index in [1.165, 1.54) is 4.90 Å². The van der Waals surface area contributed by atoms with E-state index in [0.717, 1.165) is 16.8 Å². The minimum atomic E-state index is -0.923. The van der Waals surface area contributed by atoms with Crippen molar-refractivity contribution in [2.24, 2.45) is 0 Å². The van der Waals surface area contributed by atoms with Gasteiger partial charge in [-0.15, -0.1) is 0 Å². The number of nitrogens with zero attached hydrogens (tertiary/aromatic N) is 1. The molecule has 3 heteroatoms. The lowest BCUT2D eigenvalue weighted by Gasteiger charge is -2.34. The van der Waals surface area contributed by atoms with Crippen LogP contribution in [0.4, 0.5) is 10.5 Å². The number of allylic oxidation sites excluding steroid dienone is 2. The van der Waals surface area contributed by atoms with Gasteiger partial charge in [0.05, 0.1) is 11.7 Å². The van der Waals surface area contributed by atoms with Gasteiger partial charge < -0.3 is 5.11 Å². The van der Waals surface area contributed by atoms with Crippen LogP contribution in [-0.2, 0) is 0 Å². The van der Waals surface area contributed by atoms with E-state index in [2.05, 4.69) is 0 Å². The second kappa shape index (κ2) is 3.63. The van der Waals surface area contributed by atoms with Gasteiger partial charge in [0.1, 0.15) is 0 Å². The van der Waals surface area contributed by atoms with Crippen molar-refractivity contribution in [1.29, 1.82) is 0 Å². The van der Waals surface area contributed by atoms with Gasteiger partial charge in [-0.05, 0) is 23.3 Å². The highest BCUT2D eigenvalue weighted by Crippen LogP contribution is 2.34. The van der Waals surface area contributed by atoms with Gasteiger partial charge in [0.15, 0.2) is 0 Å². The van der Waals surface area contributed by atoms with Crippen molar-refractivity contribution in [1.82, 2.24) is 0 Å². The molecule has 1 amide bonds. The third kappa shape index (κ3) is 1.47. The van der Waals surface area contributed by atoms with Crippen LogP contribution >= 0.6 is 0 Å². The Balaban J connectivity index is 2.21. The summed E-state index contributed by atoms with van der Waals surface area (Å²) in [4.78, 5) is 12.8. The zero-order chi connectivity index (χ0) is 11.8. The van der Waals surface area contributed by atoms with Crippen LogP contribution in [0.1, 0.15) is 5.56 Å². The minimum Gasteiger partial charge on any atom is -0.465 e. The molecule has 1 aromatic carbocycles. The van der Waals surface area contributed by atoms with E-state index in [4.69, 9.17) is 0 Å². The summed E-state index contributed by atoms with van der Waals surface area (Å²) in [7, 11) is 0. The highest BCUT2D eigenvalue weighted by molar-refractivity contribution is 5.94. The van der Waals surface area contributed by atoms with Gasteiger partial charge in [0.25, 0.3) is 0 Å².